The summed E-state index contributed by atoms with van der Waals surface area (Å²) in [5.41, 5.74) is 0.357. The molecule has 0 aliphatic carbocycles. The molecule has 0 saturated carbocycles. The van der Waals surface area contributed by atoms with Gasteiger partial charge in [0.15, 0.2) is 0 Å². The Balaban J connectivity index is 2.55. The van der Waals surface area contributed by atoms with Crippen LogP contribution in [-0.2, 0) is 13.6 Å². The first-order valence-corrected chi connectivity index (χ1v) is 5.21. The Morgan fingerprint density at radius 3 is 2.57 bits per heavy atom. The molecule has 1 unspecified atom stereocenters. The van der Waals surface area contributed by atoms with Gasteiger partial charge in [-0.25, -0.2) is 4.79 Å². The zero-order valence-electron chi connectivity index (χ0n) is 7.67. The highest BCUT2D eigenvalue weighted by molar-refractivity contribution is 7.34. The van der Waals surface area contributed by atoms with E-state index in [0.29, 0.717) is 5.56 Å². The summed E-state index contributed by atoms with van der Waals surface area (Å²) in [7, 11) is -2.34. The molecule has 4 nitrogen and oxygen atoms in total. The fraction of sp³-hybridized carbons (Fsp3) is 0.222. The van der Waals surface area contributed by atoms with Crippen molar-refractivity contribution in [3.8, 4) is 0 Å². The van der Waals surface area contributed by atoms with Gasteiger partial charge in [-0.3, -0.25) is 0 Å². The van der Waals surface area contributed by atoms with Crippen molar-refractivity contribution in [2.24, 2.45) is 0 Å². The molecule has 0 radical (unpaired) electrons. The number of hydrogen-bond acceptors (Lipinski definition) is 4. The van der Waals surface area contributed by atoms with Crippen LogP contribution in [0.1, 0.15) is 17.3 Å². The molecule has 1 rings (SSSR count). The van der Waals surface area contributed by atoms with E-state index in [4.69, 9.17) is 0 Å². The monoisotopic (exact) mass is 213 g/mol. The summed E-state index contributed by atoms with van der Waals surface area (Å²) in [5.74, 6) is -0.639. The Morgan fingerprint density at radius 1 is 1.36 bits per heavy atom. The second-order valence-electron chi connectivity index (χ2n) is 2.39. The Morgan fingerprint density at radius 2 is 2.00 bits per heavy atom. The second-order valence-corrected chi connectivity index (χ2v) is 3.27. The lowest BCUT2D eigenvalue weighted by atomic mass is 10.2. The van der Waals surface area contributed by atoms with Crippen molar-refractivity contribution >= 4 is 14.2 Å². The zero-order chi connectivity index (χ0) is 10.4. The standard InChI is InChI=1S/C9H10O4P/c1-2-12-14(11)13-9(10)8-6-4-3-5-7-8/h3-7H,2H2,1H3/q+1. The molecular weight excluding hydrogens is 203 g/mol. The van der Waals surface area contributed by atoms with Crippen LogP contribution in [0.25, 0.3) is 0 Å². The van der Waals surface area contributed by atoms with Crippen molar-refractivity contribution < 1.29 is 18.4 Å². The molecule has 0 bridgehead atoms. The lowest BCUT2D eigenvalue weighted by molar-refractivity contribution is 0.0718. The van der Waals surface area contributed by atoms with E-state index >= 15 is 0 Å². The normalized spacial score (nSPS) is 10.8. The fourth-order valence-corrected chi connectivity index (χ4v) is 1.33. The minimum absolute atomic E-state index is 0.247. The highest BCUT2D eigenvalue weighted by atomic mass is 31.1. The molecule has 0 saturated heterocycles. The molecule has 0 aromatic heterocycles. The Hall–Kier alpha value is -1.25. The smallest absolute Gasteiger partial charge is 0.241 e. The van der Waals surface area contributed by atoms with Crippen LogP contribution in [0.3, 0.4) is 0 Å². The number of hydrogen-bond donors (Lipinski definition) is 0. The number of carbonyl (C=O) groups is 1. The minimum Gasteiger partial charge on any atom is -0.241 e. The van der Waals surface area contributed by atoms with E-state index in [9.17, 15) is 9.36 Å². The van der Waals surface area contributed by atoms with Gasteiger partial charge in [0.1, 0.15) is 6.61 Å². The van der Waals surface area contributed by atoms with Crippen LogP contribution in [0.5, 0.6) is 0 Å². The van der Waals surface area contributed by atoms with Gasteiger partial charge >= 0.3 is 14.2 Å². The summed E-state index contributed by atoms with van der Waals surface area (Å²) in [4.78, 5) is 11.2. The number of rotatable bonds is 4. The maximum absolute atomic E-state index is 11.2. The van der Waals surface area contributed by atoms with Crippen LogP contribution in [0.15, 0.2) is 30.3 Å². The quantitative estimate of drug-likeness (QED) is 0.721. The summed E-state index contributed by atoms with van der Waals surface area (Å²) in [5, 5.41) is 0. The van der Waals surface area contributed by atoms with Crippen molar-refractivity contribution in [3.63, 3.8) is 0 Å². The Kier molecular flexibility index (Phi) is 4.23. The van der Waals surface area contributed by atoms with E-state index < -0.39 is 14.2 Å². The average molecular weight is 213 g/mol. The molecule has 74 valence electrons. The first kappa shape index (κ1) is 10.8. The van der Waals surface area contributed by atoms with Gasteiger partial charge in [0.25, 0.3) is 0 Å². The van der Waals surface area contributed by atoms with Crippen LogP contribution in [-0.4, -0.2) is 12.6 Å². The van der Waals surface area contributed by atoms with Crippen molar-refractivity contribution in [2.45, 2.75) is 6.92 Å². The lowest BCUT2D eigenvalue weighted by Gasteiger charge is -1.91. The predicted molar refractivity (Wildman–Crippen MR) is 51.1 cm³/mol. The van der Waals surface area contributed by atoms with Gasteiger partial charge in [0.05, 0.1) is 5.56 Å². The first-order chi connectivity index (χ1) is 6.74. The zero-order valence-corrected chi connectivity index (χ0v) is 8.57. The van der Waals surface area contributed by atoms with Gasteiger partial charge in [0.2, 0.25) is 0 Å². The van der Waals surface area contributed by atoms with Gasteiger partial charge in [-0.05, 0) is 19.1 Å². The molecule has 1 aromatic rings. The van der Waals surface area contributed by atoms with E-state index in [1.54, 1.807) is 37.3 Å². The summed E-state index contributed by atoms with van der Waals surface area (Å²) in [6.07, 6.45) is 0. The van der Waals surface area contributed by atoms with Crippen molar-refractivity contribution in [2.75, 3.05) is 6.61 Å². The third-order valence-corrected chi connectivity index (χ3v) is 2.19. The van der Waals surface area contributed by atoms with Crippen LogP contribution in [0.2, 0.25) is 0 Å². The topological polar surface area (TPSA) is 52.6 Å². The van der Waals surface area contributed by atoms with Crippen molar-refractivity contribution in [1.82, 2.24) is 0 Å². The summed E-state index contributed by atoms with van der Waals surface area (Å²) >= 11 is 0. The third-order valence-electron chi connectivity index (χ3n) is 1.40. The van der Waals surface area contributed by atoms with Gasteiger partial charge in [-0.1, -0.05) is 18.2 Å². The molecular formula is C9H10O4P+. The van der Waals surface area contributed by atoms with E-state index in [-0.39, 0.29) is 6.61 Å². The van der Waals surface area contributed by atoms with Gasteiger partial charge in [-0.15, -0.1) is 4.52 Å². The molecule has 1 atom stereocenters. The lowest BCUT2D eigenvalue weighted by Crippen LogP contribution is -1.99. The van der Waals surface area contributed by atoms with Gasteiger partial charge in [-0.2, -0.15) is 4.52 Å². The highest BCUT2D eigenvalue weighted by Gasteiger charge is 2.26. The Bertz CT molecular complexity index is 323. The van der Waals surface area contributed by atoms with Crippen LogP contribution >= 0.6 is 8.25 Å². The molecule has 0 N–H and O–H groups in total. The first-order valence-electron chi connectivity index (χ1n) is 4.11. The number of carbonyl (C=O) groups excluding carboxylic acids is 1. The van der Waals surface area contributed by atoms with Gasteiger partial charge in [0, 0.05) is 4.57 Å². The largest absolute Gasteiger partial charge is 0.753 e. The number of benzene rings is 1. The van der Waals surface area contributed by atoms with Crippen molar-refractivity contribution in [3.05, 3.63) is 35.9 Å². The molecule has 5 heteroatoms. The summed E-state index contributed by atoms with van der Waals surface area (Å²) < 4.78 is 20.0. The molecule has 0 aliphatic rings. The molecule has 1 aromatic carbocycles. The molecule has 0 heterocycles. The molecule has 0 aliphatic heterocycles. The Labute approximate surface area is 82.8 Å². The fourth-order valence-electron chi connectivity index (χ4n) is 0.826. The SMILES string of the molecule is CCO[P+](=O)OC(=O)c1ccccc1. The van der Waals surface area contributed by atoms with Crippen LogP contribution < -0.4 is 0 Å². The minimum atomic E-state index is -2.34. The van der Waals surface area contributed by atoms with Crippen LogP contribution in [0, 0.1) is 0 Å². The van der Waals surface area contributed by atoms with E-state index in [2.05, 4.69) is 9.05 Å². The van der Waals surface area contributed by atoms with E-state index in [1.807, 2.05) is 0 Å². The molecule has 14 heavy (non-hydrogen) atoms. The van der Waals surface area contributed by atoms with Crippen LogP contribution in [0.4, 0.5) is 0 Å². The predicted octanol–water partition coefficient (Wildman–Crippen LogP) is 2.54. The third kappa shape index (κ3) is 3.24. The van der Waals surface area contributed by atoms with Gasteiger partial charge < -0.3 is 0 Å². The molecule has 0 amide bonds. The highest BCUT2D eigenvalue weighted by Crippen LogP contribution is 2.24. The van der Waals surface area contributed by atoms with Crippen molar-refractivity contribution in [1.29, 1.82) is 0 Å². The molecule has 0 spiro atoms. The summed E-state index contributed by atoms with van der Waals surface area (Å²) in [6, 6.07) is 8.34. The average Bonchev–Trinajstić information content (AvgIpc) is 2.19. The maximum atomic E-state index is 11.2. The maximum Gasteiger partial charge on any atom is 0.753 e. The summed E-state index contributed by atoms with van der Waals surface area (Å²) in [6.45, 7) is 1.92. The van der Waals surface area contributed by atoms with E-state index in [1.165, 1.54) is 0 Å². The molecule has 0 fully saturated rings. The second kappa shape index (κ2) is 5.47. The van der Waals surface area contributed by atoms with E-state index in [0.717, 1.165) is 0 Å².